The number of ether oxygens (including phenoxy) is 25. The molecule has 0 radical (unpaired) electrons. The monoisotopic (exact) mass is 1500 g/mol. The predicted molar refractivity (Wildman–Crippen MR) is 319 cm³/mol. The van der Waals surface area contributed by atoms with Gasteiger partial charge in [0.05, 0.1) is 6.61 Å². The van der Waals surface area contributed by atoms with Crippen LogP contribution in [0.4, 0.5) is 0 Å². The average molecular weight is 1500 g/mol. The summed E-state index contributed by atoms with van der Waals surface area (Å²) in [6.07, 6.45) is -51.8. The first-order valence-electron chi connectivity index (χ1n) is 31.8. The minimum absolute atomic E-state index is 0.818. The van der Waals surface area contributed by atoms with Gasteiger partial charge >= 0.3 is 95.5 Å². The third-order valence-corrected chi connectivity index (χ3v) is 14.7. The van der Waals surface area contributed by atoms with Crippen LogP contribution < -0.4 is 0 Å². The van der Waals surface area contributed by atoms with Gasteiger partial charge in [-0.2, -0.15) is 0 Å². The molecule has 0 aromatic heterocycles. The summed E-state index contributed by atoms with van der Waals surface area (Å²) >= 11 is 0. The zero-order valence-electron chi connectivity index (χ0n) is 59.2. The number of aliphatic hydroxyl groups excluding tert-OH is 1. The first kappa shape index (κ1) is 85.8. The van der Waals surface area contributed by atoms with Gasteiger partial charge in [-0.25, -0.2) is 0 Å². The van der Waals surface area contributed by atoms with Gasteiger partial charge in [-0.1, -0.05) is 0 Å². The van der Waals surface area contributed by atoms with Crippen LogP contribution in [0.1, 0.15) is 111 Å². The molecule has 0 aromatic carbocycles. The van der Waals surface area contributed by atoms with Crippen molar-refractivity contribution >= 4 is 95.5 Å². The first-order chi connectivity index (χ1) is 48.6. The van der Waals surface area contributed by atoms with Crippen molar-refractivity contribution in [2.24, 2.45) is 0 Å². The van der Waals surface area contributed by atoms with Crippen LogP contribution in [0, 0.1) is 0 Å². The lowest BCUT2D eigenvalue weighted by Gasteiger charge is -2.50. The van der Waals surface area contributed by atoms with E-state index in [2.05, 4.69) is 0 Å². The minimum Gasteiger partial charge on any atom is -0.463 e. The van der Waals surface area contributed by atoms with E-state index in [0.29, 0.717) is 0 Å². The highest BCUT2D eigenvalue weighted by atomic mass is 16.8. The number of carbonyl (C=O) groups excluding carboxylic acids is 16. The maximum atomic E-state index is 13.6. The summed E-state index contributed by atoms with van der Waals surface area (Å²) in [4.78, 5) is 206. The van der Waals surface area contributed by atoms with E-state index >= 15 is 0 Å². The fourth-order valence-corrected chi connectivity index (χ4v) is 11.4. The molecule has 5 saturated heterocycles. The summed E-state index contributed by atoms with van der Waals surface area (Å²) in [7, 11) is 0. The van der Waals surface area contributed by atoms with Crippen LogP contribution >= 0.6 is 0 Å². The molecule has 25 atom stereocenters. The van der Waals surface area contributed by atoms with Crippen molar-refractivity contribution in [3.05, 3.63) is 0 Å². The molecule has 1 unspecified atom stereocenters. The van der Waals surface area contributed by atoms with E-state index in [0.717, 1.165) is 111 Å². The largest absolute Gasteiger partial charge is 0.463 e. The quantitative estimate of drug-likeness (QED) is 0.0584. The van der Waals surface area contributed by atoms with Crippen LogP contribution in [0.15, 0.2) is 0 Å². The number of esters is 16. The minimum atomic E-state index is -2.49. The van der Waals surface area contributed by atoms with E-state index in [1.54, 1.807) is 0 Å². The molecule has 0 spiro atoms. The Morgan fingerprint density at radius 1 is 0.212 bits per heavy atom. The van der Waals surface area contributed by atoms with Crippen molar-refractivity contribution in [2.45, 2.75) is 264 Å². The molecule has 0 aliphatic carbocycles. The molecular formula is C62H84O42. The second-order valence-electron chi connectivity index (χ2n) is 23.5. The van der Waals surface area contributed by atoms with Crippen molar-refractivity contribution in [2.75, 3.05) is 33.0 Å². The smallest absolute Gasteiger partial charge is 0.303 e. The number of aliphatic hydroxyl groups is 1. The summed E-state index contributed by atoms with van der Waals surface area (Å²) in [5.41, 5.74) is 0. The van der Waals surface area contributed by atoms with Gasteiger partial charge < -0.3 is 124 Å². The summed E-state index contributed by atoms with van der Waals surface area (Å²) < 4.78 is 146. The number of hydrogen-bond acceptors (Lipinski definition) is 42. The molecule has 0 saturated carbocycles. The highest BCUT2D eigenvalue weighted by molar-refractivity contribution is 5.72. The summed E-state index contributed by atoms with van der Waals surface area (Å²) in [5.74, 6) is -17.4. The van der Waals surface area contributed by atoms with Crippen LogP contribution in [0.5, 0.6) is 0 Å². The molecule has 5 heterocycles. The topological polar surface area (TPSA) is 524 Å². The van der Waals surface area contributed by atoms with Crippen LogP contribution in [0.3, 0.4) is 0 Å². The van der Waals surface area contributed by atoms with Gasteiger partial charge in [-0.3, -0.25) is 76.7 Å². The Labute approximate surface area is 591 Å². The lowest BCUT2D eigenvalue weighted by atomic mass is 9.95. The maximum absolute atomic E-state index is 13.6. The molecule has 5 fully saturated rings. The van der Waals surface area contributed by atoms with Gasteiger partial charge in [-0.05, 0) is 0 Å². The van der Waals surface area contributed by atoms with Gasteiger partial charge in [0, 0.05) is 111 Å². The molecule has 5 rings (SSSR count). The molecule has 42 nitrogen and oxygen atoms in total. The number of hydrogen-bond donors (Lipinski definition) is 1. The van der Waals surface area contributed by atoms with E-state index in [1.165, 1.54) is 0 Å². The fourth-order valence-electron chi connectivity index (χ4n) is 11.4. The van der Waals surface area contributed by atoms with Gasteiger partial charge in [0.2, 0.25) is 0 Å². The average Bonchev–Trinajstić information content (AvgIpc) is 0.766. The molecule has 104 heavy (non-hydrogen) atoms. The molecule has 0 amide bonds. The van der Waals surface area contributed by atoms with Crippen molar-refractivity contribution in [1.82, 2.24) is 0 Å². The standard InChI is InChI=1S/C62H84O42/c1-22(63)80-17-39-44(86-27(6)68)49(90-31(10)72)54(103-60-55(95-36(15)77)50(91-32(11)73)45(87-28(7)69)40(99-60)18-81-23(2)64)59(98-39)84-21-38-43(85-26(5)67)48(53(58(79)97-38)94-35(14)76)102-62-57(52(93-34(13)75)47(89-30(9)71)42(101-62)20-83-25(4)66)104-61-56(96-37(16)78)51(92-33(12)74)46(88-29(8)70)41(100-61)19-82-24(3)65/h38-62,79H,17-21H2,1-16H3/t38-,39+,40+,41+,42-,43-,44+,45+,46+,47+,48-,49+,50+,51+,52+,53-,54+,55+,56-,57-,58?,59-,60+,61+,62-/m1/s1. The lowest BCUT2D eigenvalue weighted by molar-refractivity contribution is -0.391. The van der Waals surface area contributed by atoms with E-state index in [-0.39, 0.29) is 0 Å². The van der Waals surface area contributed by atoms with Crippen LogP contribution in [0.25, 0.3) is 0 Å². The second kappa shape index (κ2) is 39.3. The van der Waals surface area contributed by atoms with E-state index in [1.807, 2.05) is 0 Å². The summed E-state index contributed by atoms with van der Waals surface area (Å²) in [6.45, 7) is 9.92. The van der Waals surface area contributed by atoms with Gasteiger partial charge in [0.1, 0.15) is 63.1 Å². The van der Waals surface area contributed by atoms with Gasteiger partial charge in [0.15, 0.2) is 117 Å². The Morgan fingerprint density at radius 3 is 0.673 bits per heavy atom. The third-order valence-electron chi connectivity index (χ3n) is 14.7. The maximum Gasteiger partial charge on any atom is 0.303 e. The fraction of sp³-hybridized carbons (Fsp3) is 0.742. The Balaban J connectivity index is 1.79. The molecule has 5 aliphatic heterocycles. The van der Waals surface area contributed by atoms with Crippen LogP contribution in [-0.2, 0) is 195 Å². The Kier molecular flexibility index (Phi) is 32.4. The van der Waals surface area contributed by atoms with Crippen molar-refractivity contribution in [3.63, 3.8) is 0 Å². The number of carbonyl (C=O) groups is 16. The van der Waals surface area contributed by atoms with Crippen LogP contribution in [0.2, 0.25) is 0 Å². The molecule has 42 heteroatoms. The Bertz CT molecular complexity index is 3110. The zero-order valence-corrected chi connectivity index (χ0v) is 59.2. The molecular weight excluding hydrogens is 1420 g/mol. The summed E-state index contributed by atoms with van der Waals surface area (Å²) in [5, 5.41) is 12.1. The predicted octanol–water partition coefficient (Wildman–Crippen LogP) is -2.79. The molecule has 0 aromatic rings. The summed E-state index contributed by atoms with van der Waals surface area (Å²) in [6, 6.07) is 0. The Hall–Kier alpha value is -8.88. The Morgan fingerprint density at radius 2 is 0.404 bits per heavy atom. The van der Waals surface area contributed by atoms with Crippen molar-refractivity contribution < 1.29 is 200 Å². The van der Waals surface area contributed by atoms with Crippen molar-refractivity contribution in [1.29, 1.82) is 0 Å². The zero-order chi connectivity index (χ0) is 77.9. The van der Waals surface area contributed by atoms with Crippen molar-refractivity contribution in [3.8, 4) is 0 Å². The normalized spacial score (nSPS) is 33.0. The SMILES string of the molecule is CC(=O)OC[C@@H]1O[C@@H](O[C@@H]2[C@H](OC[C@H]3OC(O)[C@H](OC(C)=O)[C@H](O[C@H]4O[C@H](COC(C)=O)[C@H](OC(C)=O)[C@H](OC(C)=O)[C@H]4O[C@@H]4O[C@@H](COC(C)=O)[C@H](OC(C)=O)[C@H](OC(C)=O)[C@H]4OC(C)=O)[C@@H]3OC(C)=O)O[C@@H](COC(C)=O)[C@H](OC(C)=O)[C@@H]2OC(C)=O)[C@@H](OC(C)=O)[C@@H](OC(C)=O)[C@H]1OC(C)=O. The van der Waals surface area contributed by atoms with Crippen LogP contribution in [-0.4, -0.2) is 287 Å². The van der Waals surface area contributed by atoms with E-state index < -0.39 is 282 Å². The molecule has 584 valence electrons. The van der Waals surface area contributed by atoms with Gasteiger partial charge in [0.25, 0.3) is 0 Å². The second-order valence-corrected chi connectivity index (χ2v) is 23.5. The molecule has 5 aliphatic rings. The lowest BCUT2D eigenvalue weighted by Crippen LogP contribution is -2.69. The van der Waals surface area contributed by atoms with E-state index in [4.69, 9.17) is 118 Å². The van der Waals surface area contributed by atoms with Gasteiger partial charge in [-0.15, -0.1) is 0 Å². The van der Waals surface area contributed by atoms with E-state index in [9.17, 15) is 81.8 Å². The molecule has 0 bridgehead atoms. The highest BCUT2D eigenvalue weighted by Gasteiger charge is 2.62. The first-order valence-corrected chi connectivity index (χ1v) is 31.8. The number of rotatable bonds is 29. The molecule has 1 N–H and O–H groups in total. The third kappa shape index (κ3) is 25.5. The highest BCUT2D eigenvalue weighted by Crippen LogP contribution is 2.41.